The third kappa shape index (κ3) is 2.44. The minimum Gasteiger partial charge on any atom is -0.496 e. The molecule has 0 aromatic heterocycles. The number of halogens is 5. The molecule has 2 aromatic rings. The van der Waals surface area contributed by atoms with Gasteiger partial charge in [0.15, 0.2) is 23.3 Å². The Balaban J connectivity index is 2.67. The van der Waals surface area contributed by atoms with Crippen LogP contribution in [0.5, 0.6) is 5.75 Å². The third-order valence-electron chi connectivity index (χ3n) is 2.95. The van der Waals surface area contributed by atoms with Crippen molar-refractivity contribution < 1.29 is 31.8 Å². The van der Waals surface area contributed by atoms with Gasteiger partial charge < -0.3 is 9.84 Å². The molecule has 0 spiro atoms. The predicted octanol–water partition coefficient (Wildman–Crippen LogP) is 3.47. The van der Waals surface area contributed by atoms with Gasteiger partial charge in [0.2, 0.25) is 5.82 Å². The minimum atomic E-state index is -2.28. The van der Waals surface area contributed by atoms with Gasteiger partial charge in [-0.25, -0.2) is 22.0 Å². The molecule has 0 saturated carbocycles. The van der Waals surface area contributed by atoms with E-state index in [2.05, 4.69) is 0 Å². The van der Waals surface area contributed by atoms with Gasteiger partial charge in [0.25, 0.3) is 0 Å². The Bertz CT molecular complexity index is 658. The van der Waals surface area contributed by atoms with Crippen LogP contribution >= 0.6 is 0 Å². The summed E-state index contributed by atoms with van der Waals surface area (Å²) in [7, 11) is 1.24. The monoisotopic (exact) mass is 304 g/mol. The lowest BCUT2D eigenvalue weighted by Gasteiger charge is -2.17. The molecule has 0 aliphatic carbocycles. The van der Waals surface area contributed by atoms with E-state index >= 15 is 0 Å². The van der Waals surface area contributed by atoms with Crippen LogP contribution in [0.1, 0.15) is 17.2 Å². The molecule has 1 N–H and O–H groups in total. The van der Waals surface area contributed by atoms with Crippen LogP contribution in [-0.2, 0) is 0 Å². The molecule has 0 fully saturated rings. The Labute approximate surface area is 116 Å². The van der Waals surface area contributed by atoms with Crippen LogP contribution in [-0.4, -0.2) is 12.2 Å². The molecule has 0 aliphatic rings. The molecule has 0 amide bonds. The maximum atomic E-state index is 13.7. The molecule has 7 heteroatoms. The molecule has 0 bridgehead atoms. The molecule has 0 radical (unpaired) electrons. The molecule has 2 rings (SSSR count). The van der Waals surface area contributed by atoms with E-state index in [0.29, 0.717) is 0 Å². The summed E-state index contributed by atoms with van der Waals surface area (Å²) in [6, 6.07) is 5.58. The zero-order valence-electron chi connectivity index (χ0n) is 10.6. The summed E-state index contributed by atoms with van der Waals surface area (Å²) in [5, 5.41) is 9.99. The summed E-state index contributed by atoms with van der Waals surface area (Å²) in [5.41, 5.74) is -1.45. The van der Waals surface area contributed by atoms with Crippen molar-refractivity contribution in [3.63, 3.8) is 0 Å². The van der Waals surface area contributed by atoms with Gasteiger partial charge in [-0.2, -0.15) is 0 Å². The Kier molecular flexibility index (Phi) is 4.13. The first-order chi connectivity index (χ1) is 9.90. The lowest BCUT2D eigenvalue weighted by atomic mass is 9.99. The standard InChI is InChI=1S/C14H9F5O2/c1-21-7-5-3-2-4-6(7)14(20)8-9(15)11(17)13(19)12(18)10(8)16/h2-5,14,20H,1H3. The van der Waals surface area contributed by atoms with Crippen LogP contribution in [0, 0.1) is 29.1 Å². The summed E-state index contributed by atoms with van der Waals surface area (Å²) in [4.78, 5) is 0. The highest BCUT2D eigenvalue weighted by molar-refractivity contribution is 5.41. The van der Waals surface area contributed by atoms with E-state index in [-0.39, 0.29) is 11.3 Å². The number of aliphatic hydroxyl groups is 1. The lowest BCUT2D eigenvalue weighted by molar-refractivity contribution is 0.198. The number of methoxy groups -OCH3 is 1. The van der Waals surface area contributed by atoms with Gasteiger partial charge in [0.1, 0.15) is 11.9 Å². The lowest BCUT2D eigenvalue weighted by Crippen LogP contribution is -2.13. The molecule has 21 heavy (non-hydrogen) atoms. The Morgan fingerprint density at radius 2 is 1.33 bits per heavy atom. The topological polar surface area (TPSA) is 29.5 Å². The van der Waals surface area contributed by atoms with E-state index in [4.69, 9.17) is 4.74 Å². The first-order valence-electron chi connectivity index (χ1n) is 5.72. The van der Waals surface area contributed by atoms with Crippen LogP contribution in [0.15, 0.2) is 24.3 Å². The summed E-state index contributed by atoms with van der Waals surface area (Å²) in [5.74, 6) is -10.6. The molecular weight excluding hydrogens is 295 g/mol. The molecule has 0 saturated heterocycles. The molecule has 0 aliphatic heterocycles. The number of para-hydroxylation sites is 1. The van der Waals surface area contributed by atoms with Crippen molar-refractivity contribution >= 4 is 0 Å². The quantitative estimate of drug-likeness (QED) is 0.534. The van der Waals surface area contributed by atoms with Gasteiger partial charge in [-0.05, 0) is 6.07 Å². The van der Waals surface area contributed by atoms with Crippen molar-refractivity contribution in [1.29, 1.82) is 0 Å². The number of aliphatic hydroxyl groups excluding tert-OH is 1. The second-order valence-corrected chi connectivity index (χ2v) is 4.13. The highest BCUT2D eigenvalue weighted by Crippen LogP contribution is 2.35. The zero-order chi connectivity index (χ0) is 15.7. The Morgan fingerprint density at radius 1 is 0.857 bits per heavy atom. The Hall–Kier alpha value is -2.15. The van der Waals surface area contributed by atoms with Crippen LogP contribution in [0.3, 0.4) is 0 Å². The van der Waals surface area contributed by atoms with Crippen molar-refractivity contribution in [2.75, 3.05) is 7.11 Å². The highest BCUT2D eigenvalue weighted by atomic mass is 19.2. The van der Waals surface area contributed by atoms with Crippen LogP contribution < -0.4 is 4.74 Å². The van der Waals surface area contributed by atoms with Crippen LogP contribution in [0.25, 0.3) is 0 Å². The third-order valence-corrected chi connectivity index (χ3v) is 2.95. The van der Waals surface area contributed by atoms with Crippen LogP contribution in [0.2, 0.25) is 0 Å². The largest absolute Gasteiger partial charge is 0.496 e. The first kappa shape index (κ1) is 15.2. The van der Waals surface area contributed by atoms with Crippen molar-refractivity contribution in [2.45, 2.75) is 6.10 Å². The van der Waals surface area contributed by atoms with E-state index in [1.165, 1.54) is 31.4 Å². The maximum absolute atomic E-state index is 13.7. The van der Waals surface area contributed by atoms with Crippen molar-refractivity contribution in [2.24, 2.45) is 0 Å². The van der Waals surface area contributed by atoms with Crippen molar-refractivity contribution in [3.05, 3.63) is 64.5 Å². The van der Waals surface area contributed by atoms with Crippen LogP contribution in [0.4, 0.5) is 22.0 Å². The smallest absolute Gasteiger partial charge is 0.200 e. The molecule has 2 aromatic carbocycles. The average Bonchev–Trinajstić information content (AvgIpc) is 2.51. The fourth-order valence-electron chi connectivity index (χ4n) is 1.91. The fourth-order valence-corrected chi connectivity index (χ4v) is 1.91. The van der Waals surface area contributed by atoms with E-state index in [0.717, 1.165) is 0 Å². The summed E-state index contributed by atoms with van der Waals surface area (Å²) in [6.07, 6.45) is -2.06. The van der Waals surface area contributed by atoms with Gasteiger partial charge in [0, 0.05) is 5.56 Å². The number of benzene rings is 2. The molecule has 0 heterocycles. The molecule has 1 atom stereocenters. The SMILES string of the molecule is COc1ccccc1C(O)c1c(F)c(F)c(F)c(F)c1F. The second-order valence-electron chi connectivity index (χ2n) is 4.13. The van der Waals surface area contributed by atoms with Gasteiger partial charge in [-0.1, -0.05) is 18.2 Å². The first-order valence-corrected chi connectivity index (χ1v) is 5.72. The summed E-state index contributed by atoms with van der Waals surface area (Å²) < 4.78 is 71.5. The summed E-state index contributed by atoms with van der Waals surface area (Å²) in [6.45, 7) is 0. The molecular formula is C14H9F5O2. The molecule has 112 valence electrons. The maximum Gasteiger partial charge on any atom is 0.200 e. The fraction of sp³-hybridized carbons (Fsp3) is 0.143. The second kappa shape index (κ2) is 5.69. The predicted molar refractivity (Wildman–Crippen MR) is 63.3 cm³/mol. The zero-order valence-corrected chi connectivity index (χ0v) is 10.6. The number of hydrogen-bond donors (Lipinski definition) is 1. The molecule has 1 unspecified atom stereocenters. The van der Waals surface area contributed by atoms with Gasteiger partial charge in [-0.15, -0.1) is 0 Å². The minimum absolute atomic E-state index is 0.0499. The highest BCUT2D eigenvalue weighted by Gasteiger charge is 2.31. The van der Waals surface area contributed by atoms with E-state index in [1.54, 1.807) is 0 Å². The van der Waals surface area contributed by atoms with E-state index in [9.17, 15) is 27.1 Å². The number of ether oxygens (including phenoxy) is 1. The summed E-state index contributed by atoms with van der Waals surface area (Å²) >= 11 is 0. The normalized spacial score (nSPS) is 12.3. The van der Waals surface area contributed by atoms with Crippen molar-refractivity contribution in [3.8, 4) is 5.75 Å². The average molecular weight is 304 g/mol. The van der Waals surface area contributed by atoms with E-state index in [1.807, 2.05) is 0 Å². The van der Waals surface area contributed by atoms with Gasteiger partial charge in [0.05, 0.1) is 12.7 Å². The van der Waals surface area contributed by atoms with E-state index < -0.39 is 40.8 Å². The Morgan fingerprint density at radius 3 is 1.86 bits per heavy atom. The van der Waals surface area contributed by atoms with Gasteiger partial charge in [-0.3, -0.25) is 0 Å². The molecule has 2 nitrogen and oxygen atoms in total. The number of hydrogen-bond acceptors (Lipinski definition) is 2. The van der Waals surface area contributed by atoms with Crippen molar-refractivity contribution in [1.82, 2.24) is 0 Å². The van der Waals surface area contributed by atoms with Gasteiger partial charge >= 0.3 is 0 Å². The number of rotatable bonds is 3.